The molecular weight excluding hydrogens is 350 g/mol. The van der Waals surface area contributed by atoms with Gasteiger partial charge < -0.3 is 10.2 Å². The van der Waals surface area contributed by atoms with Crippen molar-refractivity contribution in [2.45, 2.75) is 26.3 Å². The molecule has 0 bridgehead atoms. The highest BCUT2D eigenvalue weighted by atomic mass is 35.5. The molecule has 0 unspecified atom stereocenters. The zero-order valence-corrected chi connectivity index (χ0v) is 15.6. The van der Waals surface area contributed by atoms with Gasteiger partial charge in [-0.3, -0.25) is 9.10 Å². The highest BCUT2D eigenvalue weighted by Crippen LogP contribution is 2.27. The van der Waals surface area contributed by atoms with Gasteiger partial charge in [0, 0.05) is 37.8 Å². The first-order valence-corrected chi connectivity index (χ1v) is 9.64. The van der Waals surface area contributed by atoms with Crippen LogP contribution in [-0.2, 0) is 10.0 Å². The fraction of sp³-hybridized carbons (Fsp3) is 0.562. The number of nitrogens with one attached hydrogen (secondary N) is 1. The lowest BCUT2D eigenvalue weighted by atomic mass is 10.0. The van der Waals surface area contributed by atoms with Gasteiger partial charge in [0.25, 0.3) is 5.91 Å². The zero-order valence-electron chi connectivity index (χ0n) is 14.0. The van der Waals surface area contributed by atoms with Crippen LogP contribution < -0.4 is 9.62 Å². The molecule has 134 valence electrons. The van der Waals surface area contributed by atoms with Crippen molar-refractivity contribution in [3.05, 3.63) is 29.3 Å². The SMILES string of the molecule is Cc1cc(N2CCCS2(=O)=O)ccc1C(=O)N1CCNC[C@@H]1C.Cl. The Hall–Kier alpha value is -1.31. The van der Waals surface area contributed by atoms with Crippen LogP contribution in [0.3, 0.4) is 0 Å². The molecule has 2 saturated heterocycles. The number of hydrogen-bond acceptors (Lipinski definition) is 4. The molecule has 0 aliphatic carbocycles. The number of halogens is 1. The maximum absolute atomic E-state index is 12.8. The van der Waals surface area contributed by atoms with Crippen LogP contribution in [0.2, 0.25) is 0 Å². The Bertz CT molecular complexity index is 723. The summed E-state index contributed by atoms with van der Waals surface area (Å²) in [6.45, 7) is 6.72. The summed E-state index contributed by atoms with van der Waals surface area (Å²) in [7, 11) is -3.19. The van der Waals surface area contributed by atoms with Crippen LogP contribution in [0.5, 0.6) is 0 Å². The lowest BCUT2D eigenvalue weighted by molar-refractivity contribution is 0.0655. The van der Waals surface area contributed by atoms with Gasteiger partial charge in [0.05, 0.1) is 11.4 Å². The minimum atomic E-state index is -3.19. The van der Waals surface area contributed by atoms with Crippen LogP contribution in [0.4, 0.5) is 5.69 Å². The molecule has 6 nitrogen and oxygen atoms in total. The van der Waals surface area contributed by atoms with E-state index in [0.29, 0.717) is 30.8 Å². The number of sulfonamides is 1. The lowest BCUT2D eigenvalue weighted by Crippen LogP contribution is -2.52. The first-order valence-electron chi connectivity index (χ1n) is 8.03. The van der Waals surface area contributed by atoms with Crippen molar-refractivity contribution in [2.75, 3.05) is 36.2 Å². The van der Waals surface area contributed by atoms with Crippen molar-refractivity contribution in [3.63, 3.8) is 0 Å². The van der Waals surface area contributed by atoms with E-state index in [4.69, 9.17) is 0 Å². The molecule has 2 heterocycles. The molecule has 2 aliphatic rings. The van der Waals surface area contributed by atoms with Crippen molar-refractivity contribution < 1.29 is 13.2 Å². The summed E-state index contributed by atoms with van der Waals surface area (Å²) < 4.78 is 25.5. The number of rotatable bonds is 2. The number of benzene rings is 1. The summed E-state index contributed by atoms with van der Waals surface area (Å²) in [6, 6.07) is 5.48. The van der Waals surface area contributed by atoms with E-state index in [2.05, 4.69) is 5.32 Å². The van der Waals surface area contributed by atoms with Crippen LogP contribution in [0.15, 0.2) is 18.2 Å². The van der Waals surface area contributed by atoms with E-state index in [1.165, 1.54) is 4.31 Å². The third kappa shape index (κ3) is 3.53. The largest absolute Gasteiger partial charge is 0.333 e. The Morgan fingerprint density at radius 1 is 1.29 bits per heavy atom. The Balaban J connectivity index is 0.00000208. The van der Waals surface area contributed by atoms with Gasteiger partial charge in [-0.15, -0.1) is 12.4 Å². The van der Waals surface area contributed by atoms with Crippen molar-refractivity contribution >= 4 is 34.0 Å². The predicted octanol–water partition coefficient (Wildman–Crippen LogP) is 1.39. The van der Waals surface area contributed by atoms with E-state index >= 15 is 0 Å². The van der Waals surface area contributed by atoms with Crippen LogP contribution in [0.1, 0.15) is 29.3 Å². The van der Waals surface area contributed by atoms with E-state index in [0.717, 1.165) is 18.7 Å². The second-order valence-electron chi connectivity index (χ2n) is 6.29. The molecule has 24 heavy (non-hydrogen) atoms. The zero-order chi connectivity index (χ0) is 16.6. The average molecular weight is 374 g/mol. The quantitative estimate of drug-likeness (QED) is 0.850. The van der Waals surface area contributed by atoms with Crippen LogP contribution in [0, 0.1) is 6.92 Å². The topological polar surface area (TPSA) is 69.7 Å². The van der Waals surface area contributed by atoms with Gasteiger partial charge in [-0.25, -0.2) is 8.42 Å². The number of amides is 1. The predicted molar refractivity (Wildman–Crippen MR) is 97.5 cm³/mol. The molecular formula is C16H24ClN3O3S. The number of nitrogens with zero attached hydrogens (tertiary/aromatic N) is 2. The molecule has 0 radical (unpaired) electrons. The van der Waals surface area contributed by atoms with Gasteiger partial charge >= 0.3 is 0 Å². The molecule has 0 saturated carbocycles. The first kappa shape index (κ1) is 19.0. The summed E-state index contributed by atoms with van der Waals surface area (Å²) in [4.78, 5) is 14.6. The summed E-state index contributed by atoms with van der Waals surface area (Å²) >= 11 is 0. The maximum atomic E-state index is 12.8. The second kappa shape index (κ2) is 7.29. The Labute approximate surface area is 149 Å². The van der Waals surface area contributed by atoms with Crippen LogP contribution in [-0.4, -0.2) is 57.2 Å². The van der Waals surface area contributed by atoms with Gasteiger partial charge in [-0.1, -0.05) is 0 Å². The fourth-order valence-electron chi connectivity index (χ4n) is 3.27. The minimum absolute atomic E-state index is 0. The summed E-state index contributed by atoms with van der Waals surface area (Å²) in [5.74, 6) is 0.220. The number of carbonyl (C=O) groups excluding carboxylic acids is 1. The highest BCUT2D eigenvalue weighted by molar-refractivity contribution is 7.93. The smallest absolute Gasteiger partial charge is 0.254 e. The molecule has 2 fully saturated rings. The molecule has 0 aromatic heterocycles. The number of carbonyl (C=O) groups is 1. The van der Waals surface area contributed by atoms with Gasteiger partial charge in [-0.05, 0) is 44.0 Å². The third-order valence-corrected chi connectivity index (χ3v) is 6.46. The van der Waals surface area contributed by atoms with Gasteiger partial charge in [0.2, 0.25) is 10.0 Å². The van der Waals surface area contributed by atoms with Crippen molar-refractivity contribution in [1.82, 2.24) is 10.2 Å². The molecule has 1 amide bonds. The molecule has 1 atom stereocenters. The Morgan fingerprint density at radius 2 is 2.04 bits per heavy atom. The highest BCUT2D eigenvalue weighted by Gasteiger charge is 2.30. The molecule has 1 N–H and O–H groups in total. The van der Waals surface area contributed by atoms with Crippen LogP contribution in [0.25, 0.3) is 0 Å². The third-order valence-electron chi connectivity index (χ3n) is 4.59. The number of hydrogen-bond donors (Lipinski definition) is 1. The van der Waals surface area contributed by atoms with Crippen molar-refractivity contribution in [3.8, 4) is 0 Å². The second-order valence-corrected chi connectivity index (χ2v) is 8.31. The number of anilines is 1. The van der Waals surface area contributed by atoms with Gasteiger partial charge in [0.1, 0.15) is 0 Å². The summed E-state index contributed by atoms with van der Waals surface area (Å²) in [5, 5.41) is 3.27. The van der Waals surface area contributed by atoms with Crippen molar-refractivity contribution in [1.29, 1.82) is 0 Å². The molecule has 2 aliphatic heterocycles. The van der Waals surface area contributed by atoms with Gasteiger partial charge in [-0.2, -0.15) is 0 Å². The average Bonchev–Trinajstić information content (AvgIpc) is 2.86. The van der Waals surface area contributed by atoms with E-state index in [1.807, 2.05) is 24.8 Å². The molecule has 3 rings (SSSR count). The monoisotopic (exact) mass is 373 g/mol. The minimum Gasteiger partial charge on any atom is -0.333 e. The number of piperazine rings is 1. The first-order chi connectivity index (χ1) is 10.9. The van der Waals surface area contributed by atoms with Crippen molar-refractivity contribution in [2.24, 2.45) is 0 Å². The van der Waals surface area contributed by atoms with E-state index in [-0.39, 0.29) is 30.1 Å². The van der Waals surface area contributed by atoms with E-state index < -0.39 is 10.0 Å². The fourth-order valence-corrected chi connectivity index (χ4v) is 4.83. The Kier molecular flexibility index (Phi) is 5.78. The summed E-state index contributed by atoms with van der Waals surface area (Å²) in [5.41, 5.74) is 2.13. The number of aryl methyl sites for hydroxylation is 1. The van der Waals surface area contributed by atoms with Gasteiger partial charge in [0.15, 0.2) is 0 Å². The normalized spacial score (nSPS) is 23.0. The van der Waals surface area contributed by atoms with E-state index in [9.17, 15) is 13.2 Å². The molecule has 1 aromatic carbocycles. The maximum Gasteiger partial charge on any atom is 0.254 e. The molecule has 1 aromatic rings. The molecule has 0 spiro atoms. The van der Waals surface area contributed by atoms with E-state index in [1.54, 1.807) is 12.1 Å². The lowest BCUT2D eigenvalue weighted by Gasteiger charge is -2.34. The van der Waals surface area contributed by atoms with Crippen LogP contribution >= 0.6 is 12.4 Å². The molecule has 8 heteroatoms. The summed E-state index contributed by atoms with van der Waals surface area (Å²) in [6.07, 6.45) is 0.653. The Morgan fingerprint density at radius 3 is 2.62 bits per heavy atom. The standard InChI is InChI=1S/C16H23N3O3S.ClH/c1-12-10-14(19-7-3-9-23(19,21)22)4-5-15(12)16(20)18-8-6-17-11-13(18)2;/h4-5,10,13,17H,3,6-9,11H2,1-2H3;1H/t13-;/m0./s1.